The standard InChI is InChI=1S/C19H16ClFN2O4/c1-27-19(26)11-6-7-14(21)15(8-11)22-18(25)12-9-17(24)23(10-12)16-5-3-2-4-13(16)20/h2-8,12H,9-10H2,1H3,(H,22,25). The van der Waals surface area contributed by atoms with E-state index in [4.69, 9.17) is 11.6 Å². The van der Waals surface area contributed by atoms with Crippen LogP contribution in [-0.4, -0.2) is 31.4 Å². The molecule has 0 aromatic heterocycles. The van der Waals surface area contributed by atoms with Crippen molar-refractivity contribution in [2.45, 2.75) is 6.42 Å². The van der Waals surface area contributed by atoms with Crippen molar-refractivity contribution in [3.8, 4) is 0 Å². The number of halogens is 2. The fraction of sp³-hybridized carbons (Fsp3) is 0.211. The zero-order valence-corrected chi connectivity index (χ0v) is 15.1. The predicted molar refractivity (Wildman–Crippen MR) is 98.3 cm³/mol. The average molecular weight is 391 g/mol. The maximum atomic E-state index is 14.0. The van der Waals surface area contributed by atoms with Crippen molar-refractivity contribution in [3.05, 3.63) is 58.9 Å². The number of hydrogen-bond donors (Lipinski definition) is 1. The molecule has 2 amide bonds. The maximum absolute atomic E-state index is 14.0. The molecule has 2 aromatic carbocycles. The number of amides is 2. The van der Waals surface area contributed by atoms with Gasteiger partial charge in [0.2, 0.25) is 11.8 Å². The summed E-state index contributed by atoms with van der Waals surface area (Å²) in [4.78, 5) is 37.8. The topological polar surface area (TPSA) is 75.7 Å². The van der Waals surface area contributed by atoms with Crippen LogP contribution in [0.2, 0.25) is 5.02 Å². The van der Waals surface area contributed by atoms with Crippen LogP contribution in [-0.2, 0) is 14.3 Å². The molecule has 8 heteroatoms. The first kappa shape index (κ1) is 18.8. The lowest BCUT2D eigenvalue weighted by molar-refractivity contribution is -0.122. The van der Waals surface area contributed by atoms with E-state index in [1.165, 1.54) is 24.1 Å². The molecule has 0 spiro atoms. The van der Waals surface area contributed by atoms with Gasteiger partial charge in [0, 0.05) is 13.0 Å². The minimum Gasteiger partial charge on any atom is -0.465 e. The van der Waals surface area contributed by atoms with Crippen molar-refractivity contribution in [1.29, 1.82) is 0 Å². The third-order valence-electron chi connectivity index (χ3n) is 4.28. The highest BCUT2D eigenvalue weighted by Gasteiger charge is 2.36. The molecule has 2 aromatic rings. The molecule has 0 radical (unpaired) electrons. The van der Waals surface area contributed by atoms with E-state index in [2.05, 4.69) is 10.1 Å². The Morgan fingerprint density at radius 3 is 2.70 bits per heavy atom. The van der Waals surface area contributed by atoms with Gasteiger partial charge in [-0.2, -0.15) is 0 Å². The number of nitrogens with zero attached hydrogens (tertiary/aromatic N) is 1. The Hall–Kier alpha value is -2.93. The molecule has 1 fully saturated rings. The first-order valence-corrected chi connectivity index (χ1v) is 8.52. The highest BCUT2D eigenvalue weighted by molar-refractivity contribution is 6.33. The van der Waals surface area contributed by atoms with E-state index in [1.807, 2.05) is 0 Å². The van der Waals surface area contributed by atoms with Crippen LogP contribution in [0.1, 0.15) is 16.8 Å². The third kappa shape index (κ3) is 3.93. The largest absolute Gasteiger partial charge is 0.465 e. The molecule has 1 heterocycles. The molecule has 3 rings (SSSR count). The molecule has 1 aliphatic heterocycles. The lowest BCUT2D eigenvalue weighted by atomic mass is 10.1. The van der Waals surface area contributed by atoms with Gasteiger partial charge >= 0.3 is 5.97 Å². The van der Waals surface area contributed by atoms with Crippen LogP contribution in [0.25, 0.3) is 0 Å². The van der Waals surface area contributed by atoms with Gasteiger partial charge in [-0.25, -0.2) is 9.18 Å². The lowest BCUT2D eigenvalue weighted by Crippen LogP contribution is -2.28. The van der Waals surface area contributed by atoms with Crippen LogP contribution < -0.4 is 10.2 Å². The number of nitrogens with one attached hydrogen (secondary N) is 1. The molecule has 0 saturated carbocycles. The Kier molecular flexibility index (Phi) is 5.41. The van der Waals surface area contributed by atoms with Crippen molar-refractivity contribution in [2.75, 3.05) is 23.9 Å². The Morgan fingerprint density at radius 1 is 1.26 bits per heavy atom. The number of ether oxygens (including phenoxy) is 1. The van der Waals surface area contributed by atoms with E-state index in [9.17, 15) is 18.8 Å². The zero-order valence-electron chi connectivity index (χ0n) is 14.4. The summed E-state index contributed by atoms with van der Waals surface area (Å²) >= 11 is 6.12. The van der Waals surface area contributed by atoms with E-state index >= 15 is 0 Å². The summed E-state index contributed by atoms with van der Waals surface area (Å²) in [6.07, 6.45) is -0.0185. The van der Waals surface area contributed by atoms with Gasteiger partial charge in [-0.3, -0.25) is 9.59 Å². The second-order valence-electron chi connectivity index (χ2n) is 6.03. The average Bonchev–Trinajstić information content (AvgIpc) is 3.05. The Labute approximate surface area is 159 Å². The highest BCUT2D eigenvalue weighted by Crippen LogP contribution is 2.31. The number of anilines is 2. The SMILES string of the molecule is COC(=O)c1ccc(F)c(NC(=O)C2CC(=O)N(c3ccccc3Cl)C2)c1. The third-order valence-corrected chi connectivity index (χ3v) is 4.60. The van der Waals surface area contributed by atoms with Crippen LogP contribution in [0.5, 0.6) is 0 Å². The molecule has 140 valence electrons. The molecule has 6 nitrogen and oxygen atoms in total. The van der Waals surface area contributed by atoms with Crippen LogP contribution in [0.15, 0.2) is 42.5 Å². The number of carbonyl (C=O) groups excluding carboxylic acids is 3. The second kappa shape index (κ2) is 7.75. The van der Waals surface area contributed by atoms with Crippen LogP contribution in [0.4, 0.5) is 15.8 Å². The molecule has 0 bridgehead atoms. The van der Waals surface area contributed by atoms with Gasteiger partial charge in [-0.1, -0.05) is 23.7 Å². The second-order valence-corrected chi connectivity index (χ2v) is 6.44. The molecule has 1 unspecified atom stereocenters. The maximum Gasteiger partial charge on any atom is 0.337 e. The lowest BCUT2D eigenvalue weighted by Gasteiger charge is -2.18. The minimum atomic E-state index is -0.691. The van der Waals surface area contributed by atoms with Crippen LogP contribution in [0.3, 0.4) is 0 Å². The van der Waals surface area contributed by atoms with Crippen molar-refractivity contribution in [2.24, 2.45) is 5.92 Å². The first-order valence-electron chi connectivity index (χ1n) is 8.14. The highest BCUT2D eigenvalue weighted by atomic mass is 35.5. The molecule has 1 N–H and O–H groups in total. The van der Waals surface area contributed by atoms with Gasteiger partial charge in [0.25, 0.3) is 0 Å². The van der Waals surface area contributed by atoms with Gasteiger partial charge in [0.15, 0.2) is 0 Å². The van der Waals surface area contributed by atoms with E-state index < -0.39 is 23.6 Å². The molecule has 1 atom stereocenters. The number of carbonyl (C=O) groups is 3. The van der Waals surface area contributed by atoms with Gasteiger partial charge in [0.1, 0.15) is 5.82 Å². The summed E-state index contributed by atoms with van der Waals surface area (Å²) < 4.78 is 18.6. The normalized spacial score (nSPS) is 16.3. The van der Waals surface area contributed by atoms with Crippen molar-refractivity contribution < 1.29 is 23.5 Å². The van der Waals surface area contributed by atoms with E-state index in [1.54, 1.807) is 24.3 Å². The predicted octanol–water partition coefficient (Wildman–Crippen LogP) is 3.26. The number of methoxy groups -OCH3 is 1. The smallest absolute Gasteiger partial charge is 0.337 e. The van der Waals surface area contributed by atoms with Gasteiger partial charge in [-0.15, -0.1) is 0 Å². The molecule has 1 aliphatic rings. The number of para-hydroxylation sites is 1. The van der Waals surface area contributed by atoms with E-state index in [-0.39, 0.29) is 30.1 Å². The van der Waals surface area contributed by atoms with Crippen molar-refractivity contribution in [1.82, 2.24) is 0 Å². The zero-order chi connectivity index (χ0) is 19.6. The Balaban J connectivity index is 1.75. The summed E-state index contributed by atoms with van der Waals surface area (Å²) in [7, 11) is 1.21. The van der Waals surface area contributed by atoms with Crippen molar-refractivity contribution >= 4 is 40.8 Å². The molecular formula is C19H16ClFN2O4. The Morgan fingerprint density at radius 2 is 2.00 bits per heavy atom. The summed E-state index contributed by atoms with van der Waals surface area (Å²) in [6, 6.07) is 10.4. The first-order chi connectivity index (χ1) is 12.9. The number of benzene rings is 2. The van der Waals surface area contributed by atoms with E-state index in [0.717, 1.165) is 6.07 Å². The molecule has 1 saturated heterocycles. The Bertz CT molecular complexity index is 918. The molecule has 27 heavy (non-hydrogen) atoms. The summed E-state index contributed by atoms with van der Waals surface area (Å²) in [6.45, 7) is 0.132. The number of rotatable bonds is 4. The minimum absolute atomic E-state index is 0.0185. The van der Waals surface area contributed by atoms with E-state index in [0.29, 0.717) is 10.7 Å². The van der Waals surface area contributed by atoms with Crippen LogP contribution >= 0.6 is 11.6 Å². The molecular weight excluding hydrogens is 375 g/mol. The van der Waals surface area contributed by atoms with Crippen molar-refractivity contribution in [3.63, 3.8) is 0 Å². The number of hydrogen-bond acceptors (Lipinski definition) is 4. The summed E-state index contributed by atoms with van der Waals surface area (Å²) in [5.74, 6) is -2.77. The fourth-order valence-corrected chi connectivity index (χ4v) is 3.13. The molecule has 0 aliphatic carbocycles. The quantitative estimate of drug-likeness (QED) is 0.813. The summed E-state index contributed by atoms with van der Waals surface area (Å²) in [5.41, 5.74) is 0.485. The van der Waals surface area contributed by atoms with Gasteiger partial charge in [-0.05, 0) is 30.3 Å². The van der Waals surface area contributed by atoms with Gasteiger partial charge in [0.05, 0.1) is 35.0 Å². The fourth-order valence-electron chi connectivity index (χ4n) is 2.89. The number of esters is 1. The summed E-state index contributed by atoms with van der Waals surface area (Å²) in [5, 5.41) is 2.85. The van der Waals surface area contributed by atoms with Gasteiger partial charge < -0.3 is 15.0 Å². The van der Waals surface area contributed by atoms with Crippen LogP contribution in [0, 0.1) is 11.7 Å². The monoisotopic (exact) mass is 390 g/mol.